The molecule has 1 aromatic rings. The quantitative estimate of drug-likeness (QED) is 0.859. The molecule has 1 aromatic carbocycles. The van der Waals surface area contributed by atoms with Crippen LogP contribution in [0.4, 0.5) is 4.39 Å². The summed E-state index contributed by atoms with van der Waals surface area (Å²) < 4.78 is 40.4. The van der Waals surface area contributed by atoms with E-state index in [2.05, 4.69) is 21.8 Å². The lowest BCUT2D eigenvalue weighted by molar-refractivity contribution is 0.163. The van der Waals surface area contributed by atoms with Gasteiger partial charge in [-0.1, -0.05) is 12.2 Å². The molecule has 4 nitrogen and oxygen atoms in total. The molecule has 2 aliphatic rings. The number of allylic oxidation sites excluding steroid dienone is 1. The first kappa shape index (κ1) is 16.6. The van der Waals surface area contributed by atoms with Gasteiger partial charge in [-0.2, -0.15) is 0 Å². The molecule has 0 amide bonds. The van der Waals surface area contributed by atoms with Crippen LogP contribution < -0.4 is 4.72 Å². The summed E-state index contributed by atoms with van der Waals surface area (Å²) in [6, 6.07) is 5.42. The van der Waals surface area contributed by atoms with E-state index in [0.29, 0.717) is 6.04 Å². The fourth-order valence-corrected chi connectivity index (χ4v) is 4.65. The Morgan fingerprint density at radius 1 is 1.09 bits per heavy atom. The molecule has 6 heteroatoms. The molecule has 0 radical (unpaired) electrons. The topological polar surface area (TPSA) is 49.4 Å². The number of rotatable bonds is 4. The number of piperidine rings is 1. The highest BCUT2D eigenvalue weighted by atomic mass is 32.2. The average molecular weight is 338 g/mol. The van der Waals surface area contributed by atoms with Crippen molar-refractivity contribution in [3.05, 3.63) is 42.2 Å². The first-order chi connectivity index (χ1) is 11.0. The van der Waals surface area contributed by atoms with Gasteiger partial charge in [0.25, 0.3) is 0 Å². The average Bonchev–Trinajstić information content (AvgIpc) is 2.56. The zero-order valence-corrected chi connectivity index (χ0v) is 13.9. The van der Waals surface area contributed by atoms with Gasteiger partial charge in [0.1, 0.15) is 5.82 Å². The predicted octanol–water partition coefficient (Wildman–Crippen LogP) is 2.68. The van der Waals surface area contributed by atoms with Crippen molar-refractivity contribution in [3.63, 3.8) is 0 Å². The lowest BCUT2D eigenvalue weighted by Crippen LogP contribution is -2.47. The molecule has 126 valence electrons. The van der Waals surface area contributed by atoms with Crippen molar-refractivity contribution in [1.82, 2.24) is 9.62 Å². The molecule has 3 rings (SSSR count). The number of hydrogen-bond acceptors (Lipinski definition) is 3. The predicted molar refractivity (Wildman–Crippen MR) is 88.1 cm³/mol. The molecule has 0 spiro atoms. The van der Waals surface area contributed by atoms with Crippen LogP contribution >= 0.6 is 0 Å². The molecule has 23 heavy (non-hydrogen) atoms. The highest BCUT2D eigenvalue weighted by Gasteiger charge is 2.27. The summed E-state index contributed by atoms with van der Waals surface area (Å²) in [7, 11) is -3.57. The van der Waals surface area contributed by atoms with Crippen molar-refractivity contribution >= 4 is 10.0 Å². The maximum Gasteiger partial charge on any atom is 0.240 e. The van der Waals surface area contributed by atoms with E-state index in [9.17, 15) is 12.8 Å². The van der Waals surface area contributed by atoms with E-state index in [1.165, 1.54) is 43.5 Å². The van der Waals surface area contributed by atoms with Gasteiger partial charge in [-0.05, 0) is 56.4 Å². The first-order valence-corrected chi connectivity index (χ1v) is 9.71. The minimum atomic E-state index is -3.57. The SMILES string of the molecule is O=S(=O)(NC1CCN(C2C=CCCC2)CC1)c1ccc(F)cc1. The van der Waals surface area contributed by atoms with Gasteiger partial charge in [0, 0.05) is 25.2 Å². The van der Waals surface area contributed by atoms with Crippen LogP contribution in [-0.2, 0) is 10.0 Å². The van der Waals surface area contributed by atoms with Gasteiger partial charge < -0.3 is 0 Å². The fraction of sp³-hybridized carbons (Fsp3) is 0.529. The van der Waals surface area contributed by atoms with Gasteiger partial charge in [0.2, 0.25) is 10.0 Å². The number of nitrogens with zero attached hydrogens (tertiary/aromatic N) is 1. The molecular formula is C17H23FN2O2S. The van der Waals surface area contributed by atoms with Crippen LogP contribution in [-0.4, -0.2) is 38.5 Å². The molecule has 1 N–H and O–H groups in total. The van der Waals surface area contributed by atoms with Crippen molar-refractivity contribution in [1.29, 1.82) is 0 Å². The van der Waals surface area contributed by atoms with Crippen molar-refractivity contribution in [3.8, 4) is 0 Å². The van der Waals surface area contributed by atoms with Gasteiger partial charge >= 0.3 is 0 Å². The lowest BCUT2D eigenvalue weighted by atomic mass is 9.97. The van der Waals surface area contributed by atoms with Gasteiger partial charge in [-0.15, -0.1) is 0 Å². The van der Waals surface area contributed by atoms with Crippen molar-refractivity contribution < 1.29 is 12.8 Å². The van der Waals surface area contributed by atoms with E-state index < -0.39 is 15.8 Å². The molecule has 0 aromatic heterocycles. The summed E-state index contributed by atoms with van der Waals surface area (Å²) in [5.41, 5.74) is 0. The maximum atomic E-state index is 12.9. The number of sulfonamides is 1. The van der Waals surface area contributed by atoms with E-state index >= 15 is 0 Å². The summed E-state index contributed by atoms with van der Waals surface area (Å²) in [6.45, 7) is 1.82. The number of nitrogens with one attached hydrogen (secondary N) is 1. The molecule has 1 fully saturated rings. The highest BCUT2D eigenvalue weighted by Crippen LogP contribution is 2.22. The Bertz CT molecular complexity index is 650. The number of benzene rings is 1. The van der Waals surface area contributed by atoms with Gasteiger partial charge in [-0.3, -0.25) is 4.90 Å². The minimum absolute atomic E-state index is 0.0473. The molecule has 1 aliphatic carbocycles. The monoisotopic (exact) mass is 338 g/mol. The number of halogens is 1. The minimum Gasteiger partial charge on any atom is -0.297 e. The Balaban J connectivity index is 1.56. The molecule has 0 saturated carbocycles. The van der Waals surface area contributed by atoms with Crippen LogP contribution in [0, 0.1) is 5.82 Å². The Labute approximate surface area is 137 Å². The van der Waals surface area contributed by atoms with Gasteiger partial charge in [-0.25, -0.2) is 17.5 Å². The summed E-state index contributed by atoms with van der Waals surface area (Å²) in [5.74, 6) is -0.433. The smallest absolute Gasteiger partial charge is 0.240 e. The molecule has 1 saturated heterocycles. The highest BCUT2D eigenvalue weighted by molar-refractivity contribution is 7.89. The van der Waals surface area contributed by atoms with Crippen LogP contribution in [0.15, 0.2) is 41.3 Å². The van der Waals surface area contributed by atoms with E-state index in [1.54, 1.807) is 0 Å². The molecule has 1 aliphatic heterocycles. The second-order valence-corrected chi connectivity index (χ2v) is 8.03. The summed E-state index contributed by atoms with van der Waals surface area (Å²) >= 11 is 0. The molecule has 1 heterocycles. The van der Waals surface area contributed by atoms with Gasteiger partial charge in [0.15, 0.2) is 0 Å². The lowest BCUT2D eigenvalue weighted by Gasteiger charge is -2.37. The second-order valence-electron chi connectivity index (χ2n) is 6.31. The van der Waals surface area contributed by atoms with Crippen molar-refractivity contribution in [2.45, 2.75) is 49.1 Å². The maximum absolute atomic E-state index is 12.9. The zero-order chi connectivity index (χ0) is 16.3. The Kier molecular flexibility index (Phi) is 5.14. The van der Waals surface area contributed by atoms with Crippen molar-refractivity contribution in [2.24, 2.45) is 0 Å². The Hall–Kier alpha value is -1.24. The molecule has 1 unspecified atom stereocenters. The van der Waals surface area contributed by atoms with Crippen LogP contribution in [0.25, 0.3) is 0 Å². The van der Waals surface area contributed by atoms with Crippen LogP contribution in [0.2, 0.25) is 0 Å². The van der Waals surface area contributed by atoms with Crippen LogP contribution in [0.3, 0.4) is 0 Å². The molecular weight excluding hydrogens is 315 g/mol. The third-order valence-corrected chi connectivity index (χ3v) is 6.21. The number of hydrogen-bond donors (Lipinski definition) is 1. The van der Waals surface area contributed by atoms with E-state index in [0.717, 1.165) is 25.9 Å². The van der Waals surface area contributed by atoms with Crippen molar-refractivity contribution in [2.75, 3.05) is 13.1 Å². The summed E-state index contributed by atoms with van der Waals surface area (Å²) in [6.07, 6.45) is 9.75. The normalized spacial score (nSPS) is 24.0. The first-order valence-electron chi connectivity index (χ1n) is 8.23. The molecule has 0 bridgehead atoms. The van der Waals surface area contributed by atoms with Gasteiger partial charge in [0.05, 0.1) is 4.90 Å². The van der Waals surface area contributed by atoms with E-state index in [-0.39, 0.29) is 10.9 Å². The summed E-state index contributed by atoms with van der Waals surface area (Å²) in [5, 5.41) is 0. The second kappa shape index (κ2) is 7.11. The van der Waals surface area contributed by atoms with Crippen LogP contribution in [0.1, 0.15) is 32.1 Å². The summed E-state index contributed by atoms with van der Waals surface area (Å²) in [4.78, 5) is 2.56. The largest absolute Gasteiger partial charge is 0.297 e. The van der Waals surface area contributed by atoms with E-state index in [4.69, 9.17) is 0 Å². The molecule has 1 atom stereocenters. The third kappa shape index (κ3) is 4.19. The van der Waals surface area contributed by atoms with E-state index in [1.807, 2.05) is 0 Å². The zero-order valence-electron chi connectivity index (χ0n) is 13.1. The Morgan fingerprint density at radius 2 is 1.78 bits per heavy atom. The standard InChI is InChI=1S/C17H23FN2O2S/c18-14-6-8-17(9-7-14)23(21,22)19-15-10-12-20(13-11-15)16-4-2-1-3-5-16/h2,4,6-9,15-16,19H,1,3,5,10-13H2. The third-order valence-electron chi connectivity index (χ3n) is 4.67. The Morgan fingerprint density at radius 3 is 2.39 bits per heavy atom. The fourth-order valence-electron chi connectivity index (χ4n) is 3.35. The number of likely N-dealkylation sites (tertiary alicyclic amines) is 1. The van der Waals surface area contributed by atoms with Crippen LogP contribution in [0.5, 0.6) is 0 Å².